The van der Waals surface area contributed by atoms with Crippen LogP contribution in [0.25, 0.3) is 11.0 Å². The van der Waals surface area contributed by atoms with Gasteiger partial charge in [0.15, 0.2) is 5.65 Å². The van der Waals surface area contributed by atoms with E-state index in [1.807, 2.05) is 18.2 Å². The Bertz CT molecular complexity index is 1020. The van der Waals surface area contributed by atoms with E-state index in [-0.39, 0.29) is 24.1 Å². The van der Waals surface area contributed by atoms with Gasteiger partial charge >= 0.3 is 0 Å². The standard InChI is InChI=1S/C20H24N6O2/c1-24-19-16(11-23-24)20(28)26(14-22-19)13-18(27)21-12-17(25-9-5-6-10-25)15-7-3-2-4-8-15/h2-4,7-8,11,14,17H,5-6,9-10,12-13H2,1H3,(H,21,27)/t17-/m0/s1. The fourth-order valence-electron chi connectivity index (χ4n) is 3.79. The fraction of sp³-hybridized carbons (Fsp3) is 0.400. The number of aromatic nitrogens is 4. The molecule has 0 saturated carbocycles. The molecule has 0 radical (unpaired) electrons. The molecule has 1 amide bonds. The highest BCUT2D eigenvalue weighted by Gasteiger charge is 2.24. The summed E-state index contributed by atoms with van der Waals surface area (Å²) in [5.74, 6) is -0.202. The van der Waals surface area contributed by atoms with Gasteiger partial charge in [0.2, 0.25) is 5.91 Å². The van der Waals surface area contributed by atoms with Crippen LogP contribution in [-0.4, -0.2) is 49.8 Å². The van der Waals surface area contributed by atoms with E-state index in [1.54, 1.807) is 11.7 Å². The summed E-state index contributed by atoms with van der Waals surface area (Å²) < 4.78 is 2.87. The molecule has 3 heterocycles. The molecule has 1 saturated heterocycles. The lowest BCUT2D eigenvalue weighted by Crippen LogP contribution is -2.39. The van der Waals surface area contributed by atoms with Gasteiger partial charge in [0.05, 0.1) is 12.2 Å². The molecule has 28 heavy (non-hydrogen) atoms. The summed E-state index contributed by atoms with van der Waals surface area (Å²) in [5.41, 5.74) is 1.45. The molecule has 0 bridgehead atoms. The number of aryl methyl sites for hydroxylation is 1. The Kier molecular flexibility index (Phi) is 5.21. The van der Waals surface area contributed by atoms with Gasteiger partial charge in [-0.25, -0.2) is 4.98 Å². The second-order valence-corrected chi connectivity index (χ2v) is 7.16. The van der Waals surface area contributed by atoms with Crippen molar-refractivity contribution in [2.45, 2.75) is 25.4 Å². The van der Waals surface area contributed by atoms with Crippen molar-refractivity contribution < 1.29 is 4.79 Å². The van der Waals surface area contributed by atoms with Gasteiger partial charge in [-0.15, -0.1) is 0 Å². The van der Waals surface area contributed by atoms with Gasteiger partial charge in [-0.05, 0) is 31.5 Å². The molecular weight excluding hydrogens is 356 g/mol. The maximum absolute atomic E-state index is 12.5. The predicted molar refractivity (Wildman–Crippen MR) is 106 cm³/mol. The minimum absolute atomic E-state index is 0.0574. The second-order valence-electron chi connectivity index (χ2n) is 7.16. The molecule has 1 aliphatic rings. The van der Waals surface area contributed by atoms with Crippen LogP contribution in [0.1, 0.15) is 24.4 Å². The molecule has 1 fully saturated rings. The Balaban J connectivity index is 1.45. The summed E-state index contributed by atoms with van der Waals surface area (Å²) in [5, 5.41) is 7.46. The zero-order chi connectivity index (χ0) is 19.5. The smallest absolute Gasteiger partial charge is 0.264 e. The number of nitrogens with one attached hydrogen (secondary N) is 1. The third-order valence-corrected chi connectivity index (χ3v) is 5.29. The molecule has 2 aromatic heterocycles. The maximum Gasteiger partial charge on any atom is 0.264 e. The van der Waals surface area contributed by atoms with Crippen molar-refractivity contribution in [3.63, 3.8) is 0 Å². The van der Waals surface area contributed by atoms with Crippen LogP contribution in [0, 0.1) is 0 Å². The van der Waals surface area contributed by atoms with Crippen LogP contribution in [0.5, 0.6) is 0 Å². The Morgan fingerprint density at radius 2 is 1.96 bits per heavy atom. The molecule has 0 aliphatic carbocycles. The Morgan fingerprint density at radius 3 is 2.71 bits per heavy atom. The van der Waals surface area contributed by atoms with E-state index < -0.39 is 0 Å². The Hall–Kier alpha value is -3.00. The van der Waals surface area contributed by atoms with Crippen LogP contribution in [0.15, 0.2) is 47.7 Å². The first-order chi connectivity index (χ1) is 13.6. The number of benzene rings is 1. The van der Waals surface area contributed by atoms with Gasteiger partial charge in [-0.3, -0.25) is 23.7 Å². The molecule has 1 aliphatic heterocycles. The monoisotopic (exact) mass is 380 g/mol. The molecule has 8 heteroatoms. The molecule has 3 aromatic rings. The topological polar surface area (TPSA) is 85.0 Å². The highest BCUT2D eigenvalue weighted by atomic mass is 16.2. The van der Waals surface area contributed by atoms with Crippen molar-refractivity contribution in [3.8, 4) is 0 Å². The number of likely N-dealkylation sites (tertiary alicyclic amines) is 1. The van der Waals surface area contributed by atoms with E-state index in [0.29, 0.717) is 17.6 Å². The summed E-state index contributed by atoms with van der Waals surface area (Å²) in [6.45, 7) is 2.53. The summed E-state index contributed by atoms with van der Waals surface area (Å²) >= 11 is 0. The molecular formula is C20H24N6O2. The van der Waals surface area contributed by atoms with Crippen molar-refractivity contribution in [1.29, 1.82) is 0 Å². The number of carbonyl (C=O) groups excluding carboxylic acids is 1. The van der Waals surface area contributed by atoms with Gasteiger partial charge in [0.1, 0.15) is 18.3 Å². The van der Waals surface area contributed by atoms with E-state index >= 15 is 0 Å². The quantitative estimate of drug-likeness (QED) is 0.692. The fourth-order valence-corrected chi connectivity index (χ4v) is 3.79. The molecule has 0 spiro atoms. The molecule has 4 rings (SSSR count). The molecule has 1 aromatic carbocycles. The number of rotatable bonds is 6. The number of hydrogen-bond donors (Lipinski definition) is 1. The third-order valence-electron chi connectivity index (χ3n) is 5.29. The average molecular weight is 380 g/mol. The van der Waals surface area contributed by atoms with Crippen LogP contribution in [0.3, 0.4) is 0 Å². The maximum atomic E-state index is 12.5. The van der Waals surface area contributed by atoms with Crippen LogP contribution in [0.2, 0.25) is 0 Å². The zero-order valence-electron chi connectivity index (χ0n) is 15.9. The molecule has 8 nitrogen and oxygen atoms in total. The normalized spacial score (nSPS) is 15.8. The molecule has 1 atom stereocenters. The first kappa shape index (κ1) is 18.4. The molecule has 1 N–H and O–H groups in total. The van der Waals surface area contributed by atoms with Crippen LogP contribution in [-0.2, 0) is 18.4 Å². The van der Waals surface area contributed by atoms with E-state index in [0.717, 1.165) is 13.1 Å². The first-order valence-corrected chi connectivity index (χ1v) is 9.56. The number of fused-ring (bicyclic) bond motifs is 1. The summed E-state index contributed by atoms with van der Waals surface area (Å²) in [4.78, 5) is 31.7. The van der Waals surface area contributed by atoms with Crippen molar-refractivity contribution >= 4 is 16.9 Å². The van der Waals surface area contributed by atoms with Gasteiger partial charge in [-0.2, -0.15) is 5.10 Å². The highest BCUT2D eigenvalue weighted by molar-refractivity contribution is 5.77. The van der Waals surface area contributed by atoms with Gasteiger partial charge in [0.25, 0.3) is 5.56 Å². The van der Waals surface area contributed by atoms with Crippen LogP contribution >= 0.6 is 0 Å². The number of carbonyl (C=O) groups is 1. The lowest BCUT2D eigenvalue weighted by molar-refractivity contribution is -0.122. The first-order valence-electron chi connectivity index (χ1n) is 9.56. The van der Waals surface area contributed by atoms with Crippen LogP contribution < -0.4 is 10.9 Å². The Labute approximate surface area is 162 Å². The average Bonchev–Trinajstić information content (AvgIpc) is 3.36. The molecule has 0 unspecified atom stereocenters. The SMILES string of the molecule is Cn1ncc2c(=O)n(CC(=O)NC[C@@H](c3ccccc3)N3CCCC3)cnc21. The Morgan fingerprint density at radius 1 is 1.21 bits per heavy atom. The van der Waals surface area contributed by atoms with E-state index in [1.165, 1.54) is 35.5 Å². The second kappa shape index (κ2) is 7.93. The largest absolute Gasteiger partial charge is 0.353 e. The zero-order valence-corrected chi connectivity index (χ0v) is 15.9. The lowest BCUT2D eigenvalue weighted by atomic mass is 10.1. The lowest BCUT2D eigenvalue weighted by Gasteiger charge is -2.28. The highest BCUT2D eigenvalue weighted by Crippen LogP contribution is 2.24. The number of amides is 1. The van der Waals surface area contributed by atoms with Gasteiger partial charge in [-0.1, -0.05) is 30.3 Å². The predicted octanol–water partition coefficient (Wildman–Crippen LogP) is 1.08. The third kappa shape index (κ3) is 3.68. The van der Waals surface area contributed by atoms with Gasteiger partial charge < -0.3 is 5.32 Å². The summed E-state index contributed by atoms with van der Waals surface area (Å²) in [6, 6.07) is 10.4. The van der Waals surface area contributed by atoms with Crippen molar-refractivity contribution in [3.05, 3.63) is 58.8 Å². The minimum Gasteiger partial charge on any atom is -0.353 e. The van der Waals surface area contributed by atoms with E-state index in [2.05, 4.69) is 32.4 Å². The number of hydrogen-bond acceptors (Lipinski definition) is 5. The van der Waals surface area contributed by atoms with Gasteiger partial charge in [0, 0.05) is 13.6 Å². The minimum atomic E-state index is -0.257. The molecule has 146 valence electrons. The van der Waals surface area contributed by atoms with Crippen molar-refractivity contribution in [2.24, 2.45) is 7.05 Å². The van der Waals surface area contributed by atoms with Crippen molar-refractivity contribution in [1.82, 2.24) is 29.5 Å². The van der Waals surface area contributed by atoms with E-state index in [9.17, 15) is 9.59 Å². The summed E-state index contributed by atoms with van der Waals surface area (Å²) in [7, 11) is 1.73. The number of nitrogens with zero attached hydrogens (tertiary/aromatic N) is 5. The van der Waals surface area contributed by atoms with Crippen molar-refractivity contribution in [2.75, 3.05) is 19.6 Å². The summed E-state index contributed by atoms with van der Waals surface area (Å²) in [6.07, 6.45) is 5.26. The van der Waals surface area contributed by atoms with Crippen LogP contribution in [0.4, 0.5) is 0 Å². The van der Waals surface area contributed by atoms with E-state index in [4.69, 9.17) is 0 Å².